The first-order chi connectivity index (χ1) is 6.18. The van der Waals surface area contributed by atoms with E-state index in [1.807, 2.05) is 0 Å². The smallest absolute Gasteiger partial charge is 0.240 e. The normalized spacial score (nSPS) is 8.46. The van der Waals surface area contributed by atoms with Crippen LogP contribution in [-0.4, -0.2) is 44.6 Å². The molecule has 0 bridgehead atoms. The first kappa shape index (κ1) is 14.6. The zero-order chi connectivity index (χ0) is 10.5. The molecule has 3 N–H and O–H groups in total. The van der Waals surface area contributed by atoms with Gasteiger partial charge in [0.15, 0.2) is 0 Å². The van der Waals surface area contributed by atoms with E-state index in [0.29, 0.717) is 19.8 Å². The topological polar surface area (TPSA) is 81.8 Å². The Morgan fingerprint density at radius 1 is 1.54 bits per heavy atom. The minimum absolute atomic E-state index is 0.0870. The molecule has 0 spiro atoms. The van der Waals surface area contributed by atoms with Crippen LogP contribution in [0.4, 0.5) is 0 Å². The van der Waals surface area contributed by atoms with Crippen LogP contribution in [0.2, 0.25) is 0 Å². The van der Waals surface area contributed by atoms with E-state index < -0.39 is 5.91 Å². The summed E-state index contributed by atoms with van der Waals surface area (Å²) in [5.74, 6) is -0.481. The molecule has 5 nitrogen and oxygen atoms in total. The molecule has 0 aromatic carbocycles. The summed E-state index contributed by atoms with van der Waals surface area (Å²) in [5, 5.41) is 8.20. The average Bonchev–Trinajstić information content (AvgIpc) is 2.14. The van der Waals surface area contributed by atoms with Crippen LogP contribution in [0.1, 0.15) is 0 Å². The molecule has 0 fully saturated rings. The van der Waals surface area contributed by atoms with E-state index in [1.165, 1.54) is 0 Å². The van der Waals surface area contributed by atoms with Gasteiger partial charge in [0.1, 0.15) is 0 Å². The zero-order valence-electron chi connectivity index (χ0n) is 7.86. The molecule has 0 atom stereocenters. The largest absolute Gasteiger partial charge is 0.394 e. The Morgan fingerprint density at radius 3 is 2.38 bits per heavy atom. The number of hydrogen-bond acceptors (Lipinski definition) is 4. The number of hydrogen-bond donors (Lipinski definition) is 2. The number of ether oxygens (including phenoxy) is 2. The van der Waals surface area contributed by atoms with Crippen LogP contribution < -0.4 is 5.73 Å². The summed E-state index contributed by atoms with van der Waals surface area (Å²) < 4.78 is 9.53. The maximum absolute atomic E-state index is 9.47. The lowest BCUT2D eigenvalue weighted by molar-refractivity contribution is -0.113. The van der Waals surface area contributed by atoms with Gasteiger partial charge in [-0.2, -0.15) is 0 Å². The molecule has 0 rings (SSSR count). The summed E-state index contributed by atoms with van der Waals surface area (Å²) in [6.07, 6.45) is 1.06. The summed E-state index contributed by atoms with van der Waals surface area (Å²) >= 11 is 0. The van der Waals surface area contributed by atoms with Crippen molar-refractivity contribution in [2.45, 2.75) is 0 Å². The second-order valence-corrected chi connectivity index (χ2v) is 1.94. The van der Waals surface area contributed by atoms with Crippen LogP contribution in [0.3, 0.4) is 0 Å². The van der Waals surface area contributed by atoms with Crippen LogP contribution in [0.15, 0.2) is 12.7 Å². The highest BCUT2D eigenvalue weighted by atomic mass is 16.5. The van der Waals surface area contributed by atoms with Crippen molar-refractivity contribution in [1.82, 2.24) is 0 Å². The van der Waals surface area contributed by atoms with E-state index in [4.69, 9.17) is 9.84 Å². The fourth-order valence-electron chi connectivity index (χ4n) is 0.309. The Morgan fingerprint density at radius 2 is 2.08 bits per heavy atom. The second-order valence-electron chi connectivity index (χ2n) is 1.94. The van der Waals surface area contributed by atoms with Crippen LogP contribution in [-0.2, 0) is 14.3 Å². The van der Waals surface area contributed by atoms with Crippen molar-refractivity contribution < 1.29 is 19.4 Å². The molecule has 0 radical (unpaired) electrons. The minimum atomic E-state index is -0.481. The molecule has 0 aliphatic rings. The Balaban J connectivity index is 0. The number of methoxy groups -OCH3 is 1. The lowest BCUT2D eigenvalue weighted by atomic mass is 10.6. The monoisotopic (exact) mass is 191 g/mol. The Hall–Kier alpha value is -0.910. The van der Waals surface area contributed by atoms with Gasteiger partial charge in [0.25, 0.3) is 0 Å². The standard InChI is InChI=1S/C5H12O3.C3H5NO/c1-7-4-5-8-3-2-6;1-2-3(4)5/h6H,2-5H2,1H3;2H,1H2,(H2,4,5). The van der Waals surface area contributed by atoms with E-state index in [9.17, 15) is 4.79 Å². The van der Waals surface area contributed by atoms with E-state index in [2.05, 4.69) is 17.0 Å². The SMILES string of the molecule is C=CC(N)=O.COCCOCCO. The maximum Gasteiger partial charge on any atom is 0.240 e. The van der Waals surface area contributed by atoms with Crippen molar-refractivity contribution in [3.8, 4) is 0 Å². The van der Waals surface area contributed by atoms with Crippen molar-refractivity contribution in [2.75, 3.05) is 33.5 Å². The zero-order valence-corrected chi connectivity index (χ0v) is 7.86. The number of nitrogens with two attached hydrogens (primary N) is 1. The third kappa shape index (κ3) is 24.7. The Kier molecular flexibility index (Phi) is 15.4. The maximum atomic E-state index is 9.47. The van der Waals surface area contributed by atoms with E-state index >= 15 is 0 Å². The predicted molar refractivity (Wildman–Crippen MR) is 49.2 cm³/mol. The Labute approximate surface area is 78.1 Å². The highest BCUT2D eigenvalue weighted by Crippen LogP contribution is 1.72. The molecule has 78 valence electrons. The highest BCUT2D eigenvalue weighted by Gasteiger charge is 1.82. The molecule has 0 aliphatic carbocycles. The molecule has 0 aliphatic heterocycles. The molecule has 0 saturated carbocycles. The quantitative estimate of drug-likeness (QED) is 0.429. The number of amides is 1. The Bertz CT molecular complexity index is 121. The van der Waals surface area contributed by atoms with E-state index in [0.717, 1.165) is 6.08 Å². The predicted octanol–water partition coefficient (Wildman–Crippen LogP) is -0.701. The molecule has 0 heterocycles. The lowest BCUT2D eigenvalue weighted by Crippen LogP contribution is -2.05. The van der Waals surface area contributed by atoms with Crippen LogP contribution >= 0.6 is 0 Å². The molecule has 0 saturated heterocycles. The third-order valence-electron chi connectivity index (χ3n) is 0.869. The van der Waals surface area contributed by atoms with Crippen LogP contribution in [0.5, 0.6) is 0 Å². The van der Waals surface area contributed by atoms with E-state index in [-0.39, 0.29) is 6.61 Å². The van der Waals surface area contributed by atoms with Gasteiger partial charge in [0.2, 0.25) is 5.91 Å². The van der Waals surface area contributed by atoms with Gasteiger partial charge >= 0.3 is 0 Å². The summed E-state index contributed by atoms with van der Waals surface area (Å²) in [6.45, 7) is 4.74. The molecule has 0 aromatic heterocycles. The van der Waals surface area contributed by atoms with Crippen LogP contribution in [0.25, 0.3) is 0 Å². The van der Waals surface area contributed by atoms with Crippen molar-refractivity contribution in [1.29, 1.82) is 0 Å². The number of carbonyl (C=O) groups excluding carboxylic acids is 1. The first-order valence-electron chi connectivity index (χ1n) is 3.78. The van der Waals surface area contributed by atoms with Gasteiger partial charge in [0, 0.05) is 7.11 Å². The molecule has 13 heavy (non-hydrogen) atoms. The average molecular weight is 191 g/mol. The van der Waals surface area contributed by atoms with Crippen molar-refractivity contribution in [2.24, 2.45) is 5.73 Å². The molecule has 1 amide bonds. The number of aliphatic hydroxyl groups excluding tert-OH is 1. The lowest BCUT2D eigenvalue weighted by Gasteiger charge is -1.98. The molecular formula is C8H17NO4. The number of primary amides is 1. The fourth-order valence-corrected chi connectivity index (χ4v) is 0.309. The summed E-state index contributed by atoms with van der Waals surface area (Å²) in [5.41, 5.74) is 4.53. The van der Waals surface area contributed by atoms with Gasteiger partial charge in [-0.05, 0) is 6.08 Å². The van der Waals surface area contributed by atoms with Gasteiger partial charge in [-0.1, -0.05) is 6.58 Å². The van der Waals surface area contributed by atoms with Crippen LogP contribution in [0, 0.1) is 0 Å². The van der Waals surface area contributed by atoms with Gasteiger partial charge in [-0.3, -0.25) is 4.79 Å². The molecular weight excluding hydrogens is 174 g/mol. The summed E-state index contributed by atoms with van der Waals surface area (Å²) in [7, 11) is 1.61. The van der Waals surface area contributed by atoms with Gasteiger partial charge < -0.3 is 20.3 Å². The number of aliphatic hydroxyl groups is 1. The molecule has 0 unspecified atom stereocenters. The number of rotatable bonds is 6. The second kappa shape index (κ2) is 13.7. The summed E-state index contributed by atoms with van der Waals surface area (Å²) in [6, 6.07) is 0. The fraction of sp³-hybridized carbons (Fsp3) is 0.625. The van der Waals surface area contributed by atoms with Gasteiger partial charge in [-0.15, -0.1) is 0 Å². The van der Waals surface area contributed by atoms with Gasteiger partial charge in [0.05, 0.1) is 26.4 Å². The minimum Gasteiger partial charge on any atom is -0.394 e. The molecule has 0 aromatic rings. The van der Waals surface area contributed by atoms with Gasteiger partial charge in [-0.25, -0.2) is 0 Å². The summed E-state index contributed by atoms with van der Waals surface area (Å²) in [4.78, 5) is 9.47. The first-order valence-corrected chi connectivity index (χ1v) is 3.78. The number of carbonyl (C=O) groups is 1. The highest BCUT2D eigenvalue weighted by molar-refractivity contribution is 5.84. The van der Waals surface area contributed by atoms with Crippen molar-refractivity contribution in [3.05, 3.63) is 12.7 Å². The third-order valence-corrected chi connectivity index (χ3v) is 0.869. The van der Waals surface area contributed by atoms with Crippen molar-refractivity contribution >= 4 is 5.91 Å². The molecule has 5 heteroatoms. The van der Waals surface area contributed by atoms with Crippen molar-refractivity contribution in [3.63, 3.8) is 0 Å². The van der Waals surface area contributed by atoms with E-state index in [1.54, 1.807) is 7.11 Å².